The molecule has 1 heterocycles. The number of nitrogens with one attached hydrogen (secondary N) is 4. The van der Waals surface area contributed by atoms with Crippen LogP contribution in [0.2, 0.25) is 0 Å². The van der Waals surface area contributed by atoms with E-state index in [1.54, 1.807) is 12.1 Å². The molecule has 2 aromatic carbocycles. The van der Waals surface area contributed by atoms with Crippen LogP contribution in [0.4, 0.5) is 4.39 Å². The van der Waals surface area contributed by atoms with E-state index in [1.165, 1.54) is 29.8 Å². The average molecular weight is 428 g/mol. The molecule has 3 rings (SSSR count). The number of carbonyl (C=O) groups is 2. The Morgan fingerprint density at radius 3 is 2.53 bits per heavy atom. The molecule has 0 aliphatic heterocycles. The van der Waals surface area contributed by atoms with Gasteiger partial charge in [-0.05, 0) is 60.1 Å². The van der Waals surface area contributed by atoms with E-state index in [9.17, 15) is 14.0 Å². The Hall–Kier alpha value is -3.46. The number of fused-ring (bicyclic) bond motifs is 1. The van der Waals surface area contributed by atoms with E-state index in [0.29, 0.717) is 22.6 Å². The molecule has 0 fully saturated rings. The second kappa shape index (κ2) is 9.36. The number of thiocarbonyl (C=S) groups is 1. The molecule has 2 amide bonds. The summed E-state index contributed by atoms with van der Waals surface area (Å²) in [5.41, 5.74) is 6.78. The number of hydrogen-bond acceptors (Lipinski definition) is 4. The lowest BCUT2D eigenvalue weighted by Crippen LogP contribution is -2.49. The van der Waals surface area contributed by atoms with Crippen LogP contribution in [0.3, 0.4) is 0 Å². The Bertz CT molecular complexity index is 1080. The molecule has 9 heteroatoms. The van der Waals surface area contributed by atoms with E-state index < -0.39 is 17.6 Å². The Balaban J connectivity index is 1.44. The zero-order valence-corrected chi connectivity index (χ0v) is 17.2. The lowest BCUT2D eigenvalue weighted by atomic mass is 10.0. The Labute approximate surface area is 178 Å². The third-order valence-corrected chi connectivity index (χ3v) is 4.49. The molecule has 1 aromatic heterocycles. The van der Waals surface area contributed by atoms with Gasteiger partial charge in [-0.1, -0.05) is 26.0 Å². The Morgan fingerprint density at radius 2 is 1.83 bits per heavy atom. The topological polar surface area (TPSA) is 95.2 Å². The van der Waals surface area contributed by atoms with Gasteiger partial charge < -0.3 is 9.72 Å². The van der Waals surface area contributed by atoms with Gasteiger partial charge in [0.25, 0.3) is 11.8 Å². The van der Waals surface area contributed by atoms with Crippen molar-refractivity contribution in [1.29, 1.82) is 0 Å². The van der Waals surface area contributed by atoms with Crippen LogP contribution < -0.4 is 20.9 Å². The smallest absolute Gasteiger partial charge is 0.276 e. The number of benzene rings is 2. The predicted molar refractivity (Wildman–Crippen MR) is 116 cm³/mol. The molecule has 0 spiro atoms. The lowest BCUT2D eigenvalue weighted by molar-refractivity contribution is -0.123. The monoisotopic (exact) mass is 428 g/mol. The maximum Gasteiger partial charge on any atom is 0.276 e. The van der Waals surface area contributed by atoms with Crippen LogP contribution in [0.5, 0.6) is 5.75 Å². The number of ether oxygens (including phenoxy) is 1. The van der Waals surface area contributed by atoms with E-state index in [-0.39, 0.29) is 17.4 Å². The van der Waals surface area contributed by atoms with Crippen molar-refractivity contribution >= 4 is 40.0 Å². The van der Waals surface area contributed by atoms with Gasteiger partial charge >= 0.3 is 0 Å². The molecule has 3 aromatic rings. The highest BCUT2D eigenvalue weighted by Gasteiger charge is 2.12. The zero-order chi connectivity index (χ0) is 21.7. The second-order valence-electron chi connectivity index (χ2n) is 6.88. The molecule has 0 saturated heterocycles. The van der Waals surface area contributed by atoms with E-state index in [1.807, 2.05) is 12.1 Å². The van der Waals surface area contributed by atoms with Gasteiger partial charge in [-0.25, -0.2) is 4.39 Å². The third-order valence-electron chi connectivity index (χ3n) is 4.29. The maximum absolute atomic E-state index is 13.3. The van der Waals surface area contributed by atoms with Gasteiger partial charge in [0.1, 0.15) is 17.3 Å². The van der Waals surface area contributed by atoms with Crippen LogP contribution >= 0.6 is 12.2 Å². The highest BCUT2D eigenvalue weighted by atomic mass is 32.1. The van der Waals surface area contributed by atoms with Gasteiger partial charge in [0.05, 0.1) is 0 Å². The van der Waals surface area contributed by atoms with Crippen LogP contribution in [0.25, 0.3) is 10.9 Å². The summed E-state index contributed by atoms with van der Waals surface area (Å²) in [5, 5.41) is 2.88. The molecule has 156 valence electrons. The Morgan fingerprint density at radius 1 is 1.10 bits per heavy atom. The van der Waals surface area contributed by atoms with Gasteiger partial charge in [0.15, 0.2) is 11.7 Å². The summed E-state index contributed by atoms with van der Waals surface area (Å²) < 4.78 is 18.7. The van der Waals surface area contributed by atoms with Crippen LogP contribution in [-0.4, -0.2) is 28.5 Å². The summed E-state index contributed by atoms with van der Waals surface area (Å²) in [6.45, 7) is 3.96. The number of aromatic amines is 1. The predicted octanol–water partition coefficient (Wildman–Crippen LogP) is 3.14. The van der Waals surface area contributed by atoms with Crippen LogP contribution in [-0.2, 0) is 4.79 Å². The molecule has 0 aliphatic rings. The largest absolute Gasteiger partial charge is 0.484 e. The minimum atomic E-state index is -0.528. The Kier molecular flexibility index (Phi) is 6.63. The van der Waals surface area contributed by atoms with Gasteiger partial charge in [-0.3, -0.25) is 25.8 Å². The van der Waals surface area contributed by atoms with Gasteiger partial charge in [-0.2, -0.15) is 0 Å². The minimum absolute atomic E-state index is 0.0977. The van der Waals surface area contributed by atoms with Crippen molar-refractivity contribution in [2.75, 3.05) is 6.61 Å². The molecular weight excluding hydrogens is 407 g/mol. The van der Waals surface area contributed by atoms with Crippen LogP contribution in [0, 0.1) is 5.82 Å². The van der Waals surface area contributed by atoms with Crippen LogP contribution in [0.1, 0.15) is 35.8 Å². The highest BCUT2D eigenvalue weighted by Crippen LogP contribution is 2.18. The third kappa shape index (κ3) is 5.54. The highest BCUT2D eigenvalue weighted by molar-refractivity contribution is 7.80. The summed E-state index contributed by atoms with van der Waals surface area (Å²) in [4.78, 5) is 27.0. The molecule has 0 unspecified atom stereocenters. The van der Waals surface area contributed by atoms with Crippen LogP contribution in [0.15, 0.2) is 48.5 Å². The lowest BCUT2D eigenvalue weighted by Gasteiger charge is -2.11. The molecule has 0 atom stereocenters. The zero-order valence-electron chi connectivity index (χ0n) is 16.4. The first kappa shape index (κ1) is 21.3. The molecule has 0 saturated carbocycles. The normalized spacial score (nSPS) is 10.7. The fourth-order valence-electron chi connectivity index (χ4n) is 2.69. The number of aromatic nitrogens is 1. The number of hydrogen-bond donors (Lipinski definition) is 4. The molecule has 4 N–H and O–H groups in total. The number of amides is 2. The number of halogens is 1. The van der Waals surface area contributed by atoms with Crippen molar-refractivity contribution in [3.05, 3.63) is 65.6 Å². The summed E-state index contributed by atoms with van der Waals surface area (Å²) in [5.74, 6) is -0.416. The van der Waals surface area contributed by atoms with Gasteiger partial charge in [-0.15, -0.1) is 0 Å². The summed E-state index contributed by atoms with van der Waals surface area (Å²) in [6, 6.07) is 13.1. The van der Waals surface area contributed by atoms with Crippen molar-refractivity contribution in [2.45, 2.75) is 19.8 Å². The minimum Gasteiger partial charge on any atom is -0.484 e. The quantitative estimate of drug-likeness (QED) is 0.370. The molecule has 0 aliphatic carbocycles. The summed E-state index contributed by atoms with van der Waals surface area (Å²) in [6.07, 6.45) is 0. The fourth-order valence-corrected chi connectivity index (χ4v) is 2.83. The van der Waals surface area contributed by atoms with Crippen molar-refractivity contribution in [2.24, 2.45) is 0 Å². The summed E-state index contributed by atoms with van der Waals surface area (Å²) >= 11 is 4.99. The second-order valence-corrected chi connectivity index (χ2v) is 7.29. The fraction of sp³-hybridized carbons (Fsp3) is 0.190. The molecule has 30 heavy (non-hydrogen) atoms. The first-order valence-corrected chi connectivity index (χ1v) is 9.64. The molecular formula is C21H21FN4O3S. The van der Waals surface area contributed by atoms with Crippen molar-refractivity contribution < 1.29 is 18.7 Å². The number of H-pyrrole nitrogens is 1. The van der Waals surface area contributed by atoms with E-state index >= 15 is 0 Å². The van der Waals surface area contributed by atoms with Gasteiger partial charge in [0.2, 0.25) is 0 Å². The van der Waals surface area contributed by atoms with Gasteiger partial charge in [0, 0.05) is 10.9 Å². The number of rotatable bonds is 5. The van der Waals surface area contributed by atoms with Crippen molar-refractivity contribution in [1.82, 2.24) is 21.2 Å². The number of hydrazine groups is 1. The van der Waals surface area contributed by atoms with Crippen molar-refractivity contribution in [3.8, 4) is 5.75 Å². The summed E-state index contributed by atoms with van der Waals surface area (Å²) in [7, 11) is 0. The SMILES string of the molecule is CC(C)c1ccc(OCC(=O)NNC(=S)NC(=O)c2cc3cc(F)ccc3[nH]2)cc1. The van der Waals surface area contributed by atoms with E-state index in [2.05, 4.69) is 35.0 Å². The van der Waals surface area contributed by atoms with E-state index in [4.69, 9.17) is 17.0 Å². The average Bonchev–Trinajstić information content (AvgIpc) is 3.14. The number of carbonyl (C=O) groups excluding carboxylic acids is 2. The first-order chi connectivity index (χ1) is 14.3. The standard InChI is InChI=1S/C21H21FN4O3S/c1-12(2)13-3-6-16(7-4-13)29-11-19(27)25-26-21(30)24-20(28)18-10-14-9-15(22)5-8-17(14)23-18/h3-10,12,23H,11H2,1-2H3,(H,25,27)(H2,24,26,28,30). The molecule has 0 bridgehead atoms. The molecule has 7 nitrogen and oxygen atoms in total. The van der Waals surface area contributed by atoms with E-state index in [0.717, 1.165) is 0 Å². The first-order valence-electron chi connectivity index (χ1n) is 9.23. The molecule has 0 radical (unpaired) electrons. The maximum atomic E-state index is 13.3. The van der Waals surface area contributed by atoms with Crippen molar-refractivity contribution in [3.63, 3.8) is 0 Å².